The Hall–Kier alpha value is -1.89. The van der Waals surface area contributed by atoms with E-state index in [1.165, 1.54) is 11.9 Å². The van der Waals surface area contributed by atoms with Crippen molar-refractivity contribution >= 4 is 51.5 Å². The van der Waals surface area contributed by atoms with Crippen LogP contribution in [0.15, 0.2) is 47.4 Å². The van der Waals surface area contributed by atoms with Gasteiger partial charge in [-0.25, -0.2) is 0 Å². The molecule has 0 saturated carbocycles. The first kappa shape index (κ1) is 19.4. The second kappa shape index (κ2) is 8.47. The van der Waals surface area contributed by atoms with E-state index in [0.29, 0.717) is 26.2 Å². The molecule has 2 aromatic rings. The van der Waals surface area contributed by atoms with E-state index in [9.17, 15) is 13.8 Å². The summed E-state index contributed by atoms with van der Waals surface area (Å²) >= 11 is 12.0. The first-order chi connectivity index (χ1) is 11.8. The van der Waals surface area contributed by atoms with Crippen LogP contribution in [0.25, 0.3) is 0 Å². The van der Waals surface area contributed by atoms with E-state index < -0.39 is 16.7 Å². The lowest BCUT2D eigenvalue weighted by atomic mass is 10.2. The number of nitrogens with one attached hydrogen (secondary N) is 1. The van der Waals surface area contributed by atoms with Gasteiger partial charge in [0.05, 0.1) is 22.3 Å². The van der Waals surface area contributed by atoms with Crippen LogP contribution in [0.1, 0.15) is 10.4 Å². The molecule has 0 bridgehead atoms. The molecule has 0 saturated heterocycles. The van der Waals surface area contributed by atoms with Gasteiger partial charge in [0.2, 0.25) is 5.91 Å². The molecule has 2 amide bonds. The van der Waals surface area contributed by atoms with Crippen molar-refractivity contribution in [3.05, 3.63) is 58.1 Å². The van der Waals surface area contributed by atoms with Crippen LogP contribution in [0.5, 0.6) is 0 Å². The van der Waals surface area contributed by atoms with Crippen LogP contribution in [0.4, 0.5) is 5.69 Å². The summed E-state index contributed by atoms with van der Waals surface area (Å²) < 4.78 is 11.4. The van der Waals surface area contributed by atoms with Crippen molar-refractivity contribution < 1.29 is 13.8 Å². The number of carbonyl (C=O) groups is 2. The number of rotatable bonds is 5. The zero-order valence-electron chi connectivity index (χ0n) is 13.6. The van der Waals surface area contributed by atoms with E-state index in [2.05, 4.69) is 5.32 Å². The summed E-state index contributed by atoms with van der Waals surface area (Å²) in [7, 11) is 0.404. The fourth-order valence-electron chi connectivity index (χ4n) is 2.09. The number of nitrogens with zero attached hydrogens (tertiary/aromatic N) is 1. The smallest absolute Gasteiger partial charge is 0.254 e. The number of likely N-dealkylation sites (N-methyl/N-ethyl adjacent to an activating group) is 1. The van der Waals surface area contributed by atoms with Crippen molar-refractivity contribution in [3.63, 3.8) is 0 Å². The normalized spacial score (nSPS) is 11.7. The van der Waals surface area contributed by atoms with Crippen molar-refractivity contribution in [3.8, 4) is 0 Å². The van der Waals surface area contributed by atoms with E-state index in [0.717, 1.165) is 0 Å². The second-order valence-electron chi connectivity index (χ2n) is 5.28. The molecule has 8 heteroatoms. The van der Waals surface area contributed by atoms with Gasteiger partial charge in [0, 0.05) is 34.6 Å². The quantitative estimate of drug-likeness (QED) is 0.838. The average Bonchev–Trinajstić information content (AvgIpc) is 2.57. The fourth-order valence-corrected chi connectivity index (χ4v) is 3.10. The molecule has 132 valence electrons. The van der Waals surface area contributed by atoms with Crippen LogP contribution in [-0.4, -0.2) is 40.8 Å². The first-order valence-electron chi connectivity index (χ1n) is 7.22. The topological polar surface area (TPSA) is 66.5 Å². The van der Waals surface area contributed by atoms with Crippen LogP contribution in [0.2, 0.25) is 10.0 Å². The van der Waals surface area contributed by atoms with Gasteiger partial charge in [-0.2, -0.15) is 0 Å². The van der Waals surface area contributed by atoms with Gasteiger partial charge in [-0.05, 0) is 36.4 Å². The van der Waals surface area contributed by atoms with Crippen LogP contribution >= 0.6 is 23.2 Å². The third-order valence-electron chi connectivity index (χ3n) is 3.39. The van der Waals surface area contributed by atoms with Gasteiger partial charge >= 0.3 is 0 Å². The van der Waals surface area contributed by atoms with Crippen LogP contribution < -0.4 is 5.32 Å². The Morgan fingerprint density at radius 2 is 1.64 bits per heavy atom. The zero-order valence-corrected chi connectivity index (χ0v) is 15.9. The van der Waals surface area contributed by atoms with E-state index in [4.69, 9.17) is 23.2 Å². The lowest BCUT2D eigenvalue weighted by Crippen LogP contribution is -2.35. The summed E-state index contributed by atoms with van der Waals surface area (Å²) in [5, 5.41) is 3.24. The standard InChI is InChI=1S/C17H16Cl2N2O3S/c1-21(17(23)11-6-8-12(9-7-11)25(2)24)10-15(22)20-16-13(18)4-3-5-14(16)19/h3-9H,10H2,1-2H3,(H,20,22). The summed E-state index contributed by atoms with van der Waals surface area (Å²) in [5.74, 6) is -0.744. The van der Waals surface area contributed by atoms with Crippen molar-refractivity contribution in [2.24, 2.45) is 0 Å². The number of halogens is 2. The van der Waals surface area contributed by atoms with E-state index >= 15 is 0 Å². The molecule has 0 aromatic heterocycles. The van der Waals surface area contributed by atoms with E-state index in [-0.39, 0.29) is 12.5 Å². The molecular weight excluding hydrogens is 383 g/mol. The molecular formula is C17H16Cl2N2O3S. The Kier molecular flexibility index (Phi) is 6.58. The van der Waals surface area contributed by atoms with Gasteiger partial charge in [0.1, 0.15) is 0 Å². The summed E-state index contributed by atoms with van der Waals surface area (Å²) in [4.78, 5) is 26.4. The van der Waals surface area contributed by atoms with Crippen molar-refractivity contribution in [1.29, 1.82) is 0 Å². The minimum atomic E-state index is -1.11. The third kappa shape index (κ3) is 5.04. The number of para-hydroxylation sites is 1. The predicted molar refractivity (Wildman–Crippen MR) is 101 cm³/mol. The number of carbonyl (C=O) groups excluding carboxylic acids is 2. The molecule has 1 unspecified atom stereocenters. The van der Waals surface area contributed by atoms with Crippen molar-refractivity contribution in [1.82, 2.24) is 4.90 Å². The number of hydrogen-bond acceptors (Lipinski definition) is 3. The van der Waals surface area contributed by atoms with Crippen LogP contribution in [0.3, 0.4) is 0 Å². The average molecular weight is 399 g/mol. The fraction of sp³-hybridized carbons (Fsp3) is 0.176. The molecule has 0 radical (unpaired) electrons. The van der Waals surface area contributed by atoms with Gasteiger partial charge in [-0.3, -0.25) is 13.8 Å². The van der Waals surface area contributed by atoms with E-state index in [1.54, 1.807) is 48.7 Å². The lowest BCUT2D eigenvalue weighted by molar-refractivity contribution is -0.116. The first-order valence-corrected chi connectivity index (χ1v) is 9.54. The molecule has 0 heterocycles. The molecule has 0 aliphatic carbocycles. The molecule has 0 spiro atoms. The summed E-state index contributed by atoms with van der Waals surface area (Å²) in [6.45, 7) is -0.165. The van der Waals surface area contributed by atoms with Crippen molar-refractivity contribution in [2.75, 3.05) is 25.2 Å². The maximum atomic E-state index is 12.4. The Morgan fingerprint density at radius 3 is 2.16 bits per heavy atom. The highest BCUT2D eigenvalue weighted by atomic mass is 35.5. The van der Waals surface area contributed by atoms with Gasteiger partial charge in [-0.1, -0.05) is 29.3 Å². The SMILES string of the molecule is CN(CC(=O)Nc1c(Cl)cccc1Cl)C(=O)c1ccc(S(C)=O)cc1. The summed E-state index contributed by atoms with van der Waals surface area (Å²) in [6, 6.07) is 11.3. The van der Waals surface area contributed by atoms with Crippen molar-refractivity contribution in [2.45, 2.75) is 4.90 Å². The van der Waals surface area contributed by atoms with Gasteiger partial charge in [-0.15, -0.1) is 0 Å². The zero-order chi connectivity index (χ0) is 18.6. The summed E-state index contributed by atoms with van der Waals surface area (Å²) in [6.07, 6.45) is 1.56. The minimum Gasteiger partial charge on any atom is -0.332 e. The van der Waals surface area contributed by atoms with E-state index in [1.807, 2.05) is 0 Å². The maximum absolute atomic E-state index is 12.4. The van der Waals surface area contributed by atoms with Gasteiger partial charge in [0.15, 0.2) is 0 Å². The highest BCUT2D eigenvalue weighted by Crippen LogP contribution is 2.29. The summed E-state index contributed by atoms with van der Waals surface area (Å²) in [5.41, 5.74) is 0.715. The number of hydrogen-bond donors (Lipinski definition) is 1. The van der Waals surface area contributed by atoms with Crippen LogP contribution in [-0.2, 0) is 15.6 Å². The maximum Gasteiger partial charge on any atom is 0.254 e. The molecule has 0 aliphatic heterocycles. The lowest BCUT2D eigenvalue weighted by Gasteiger charge is -2.17. The van der Waals surface area contributed by atoms with Gasteiger partial charge < -0.3 is 10.2 Å². The molecule has 1 N–H and O–H groups in total. The molecule has 1 atom stereocenters. The monoisotopic (exact) mass is 398 g/mol. The Balaban J connectivity index is 2.03. The highest BCUT2D eigenvalue weighted by Gasteiger charge is 2.17. The molecule has 2 aromatic carbocycles. The molecule has 5 nitrogen and oxygen atoms in total. The molecule has 0 aliphatic rings. The van der Waals surface area contributed by atoms with Gasteiger partial charge in [0.25, 0.3) is 5.91 Å². The molecule has 2 rings (SSSR count). The predicted octanol–water partition coefficient (Wildman–Crippen LogP) is 3.44. The minimum absolute atomic E-state index is 0.165. The second-order valence-corrected chi connectivity index (χ2v) is 7.48. The third-order valence-corrected chi connectivity index (χ3v) is 4.95. The molecule has 25 heavy (non-hydrogen) atoms. The number of benzene rings is 2. The largest absolute Gasteiger partial charge is 0.332 e. The number of anilines is 1. The highest BCUT2D eigenvalue weighted by molar-refractivity contribution is 7.84. The molecule has 0 fully saturated rings. The Morgan fingerprint density at radius 1 is 1.08 bits per heavy atom. The Bertz CT molecular complexity index is 805. The van der Waals surface area contributed by atoms with Crippen LogP contribution in [0, 0.1) is 0 Å². The number of amides is 2. The Labute approximate surface area is 158 Å².